The molecule has 0 spiro atoms. The lowest BCUT2D eigenvalue weighted by molar-refractivity contribution is 0.110. The predicted molar refractivity (Wildman–Crippen MR) is 93.1 cm³/mol. The van der Waals surface area contributed by atoms with Crippen molar-refractivity contribution in [2.24, 2.45) is 0 Å². The van der Waals surface area contributed by atoms with Crippen molar-refractivity contribution < 1.29 is 4.74 Å². The largest absolute Gasteiger partial charge is 0.350 e. The van der Waals surface area contributed by atoms with Gasteiger partial charge in [-0.15, -0.1) is 5.10 Å². The molecule has 0 N–H and O–H groups in total. The Morgan fingerprint density at radius 2 is 1.88 bits per heavy atom. The Labute approximate surface area is 145 Å². The smallest absolute Gasteiger partial charge is 0.177 e. The second-order valence-electron chi connectivity index (χ2n) is 5.72. The zero-order valence-corrected chi connectivity index (χ0v) is 13.8. The number of benzene rings is 2. The second kappa shape index (κ2) is 6.63. The second-order valence-corrected chi connectivity index (χ2v) is 6.16. The molecule has 0 saturated carbocycles. The Kier molecular flexibility index (Phi) is 4.19. The molecule has 2 aromatic carbocycles. The normalized spacial score (nSPS) is 17.4. The Bertz CT molecular complexity index is 803. The maximum atomic E-state index is 5.92. The van der Waals surface area contributed by atoms with E-state index < -0.39 is 0 Å². The molecule has 0 radical (unpaired) electrons. The Balaban J connectivity index is 1.52. The van der Waals surface area contributed by atoms with Crippen LogP contribution in [0.4, 0.5) is 5.69 Å². The van der Waals surface area contributed by atoms with Crippen LogP contribution in [-0.4, -0.2) is 28.1 Å². The van der Waals surface area contributed by atoms with Crippen molar-refractivity contribution in [3.05, 3.63) is 77.1 Å². The van der Waals surface area contributed by atoms with Crippen molar-refractivity contribution in [1.82, 2.24) is 15.0 Å². The summed E-state index contributed by atoms with van der Waals surface area (Å²) in [6.45, 7) is 2.19. The zero-order valence-electron chi connectivity index (χ0n) is 13.0. The van der Waals surface area contributed by atoms with E-state index in [2.05, 4.69) is 27.3 Å². The van der Waals surface area contributed by atoms with E-state index in [1.807, 2.05) is 53.3 Å². The summed E-state index contributed by atoms with van der Waals surface area (Å²) in [7, 11) is 0. The summed E-state index contributed by atoms with van der Waals surface area (Å²) in [5.41, 5.74) is 3.08. The van der Waals surface area contributed by atoms with Crippen LogP contribution < -0.4 is 4.90 Å². The molecule has 4 rings (SSSR count). The lowest BCUT2D eigenvalue weighted by Crippen LogP contribution is -2.23. The minimum absolute atomic E-state index is 0.189. The predicted octanol–water partition coefficient (Wildman–Crippen LogP) is 3.52. The fourth-order valence-electron chi connectivity index (χ4n) is 2.88. The van der Waals surface area contributed by atoms with Gasteiger partial charge in [0.1, 0.15) is 5.69 Å². The molecular formula is C18H17ClN4O. The van der Waals surface area contributed by atoms with Gasteiger partial charge < -0.3 is 9.64 Å². The number of aromatic nitrogens is 3. The van der Waals surface area contributed by atoms with Gasteiger partial charge in [-0.05, 0) is 29.8 Å². The molecule has 0 bridgehead atoms. The third kappa shape index (κ3) is 3.13. The molecule has 122 valence electrons. The van der Waals surface area contributed by atoms with Crippen LogP contribution >= 0.6 is 11.6 Å². The van der Waals surface area contributed by atoms with Crippen LogP contribution in [0.15, 0.2) is 60.8 Å². The van der Waals surface area contributed by atoms with Crippen molar-refractivity contribution in [1.29, 1.82) is 0 Å². The van der Waals surface area contributed by atoms with E-state index in [1.54, 1.807) is 0 Å². The number of ether oxygens (including phenoxy) is 1. The fourth-order valence-corrected chi connectivity index (χ4v) is 3.01. The SMILES string of the molecule is Clc1ccc(Cn2cc([C@@H]3OCCN3c3ccccc3)nn2)cc1. The topological polar surface area (TPSA) is 43.2 Å². The molecule has 1 aliphatic heterocycles. The molecule has 3 aromatic rings. The maximum absolute atomic E-state index is 5.92. The third-order valence-corrected chi connectivity index (χ3v) is 4.30. The third-order valence-electron chi connectivity index (χ3n) is 4.05. The van der Waals surface area contributed by atoms with Gasteiger partial charge in [0, 0.05) is 17.3 Å². The molecule has 1 saturated heterocycles. The Morgan fingerprint density at radius 3 is 2.67 bits per heavy atom. The molecule has 0 aliphatic carbocycles. The molecule has 24 heavy (non-hydrogen) atoms. The van der Waals surface area contributed by atoms with Crippen LogP contribution in [0, 0.1) is 0 Å². The van der Waals surface area contributed by atoms with E-state index in [1.165, 1.54) is 0 Å². The van der Waals surface area contributed by atoms with Gasteiger partial charge in [-0.3, -0.25) is 0 Å². The number of hydrogen-bond donors (Lipinski definition) is 0. The molecule has 2 heterocycles. The first-order valence-corrected chi connectivity index (χ1v) is 8.25. The van der Waals surface area contributed by atoms with Crippen LogP contribution in [0.25, 0.3) is 0 Å². The summed E-state index contributed by atoms with van der Waals surface area (Å²) in [4.78, 5) is 2.21. The lowest BCUT2D eigenvalue weighted by Gasteiger charge is -2.23. The Morgan fingerprint density at radius 1 is 1.08 bits per heavy atom. The average Bonchev–Trinajstić information content (AvgIpc) is 3.27. The summed E-state index contributed by atoms with van der Waals surface area (Å²) in [5, 5.41) is 9.27. The molecule has 0 unspecified atom stereocenters. The number of hydrogen-bond acceptors (Lipinski definition) is 4. The van der Waals surface area contributed by atoms with Crippen LogP contribution in [-0.2, 0) is 11.3 Å². The van der Waals surface area contributed by atoms with Gasteiger partial charge >= 0.3 is 0 Å². The number of anilines is 1. The van der Waals surface area contributed by atoms with Gasteiger partial charge in [0.2, 0.25) is 0 Å². The van der Waals surface area contributed by atoms with Crippen LogP contribution in [0.1, 0.15) is 17.5 Å². The molecule has 5 nitrogen and oxygen atoms in total. The summed E-state index contributed by atoms with van der Waals surface area (Å²) in [6, 6.07) is 18.0. The quantitative estimate of drug-likeness (QED) is 0.729. The molecular weight excluding hydrogens is 324 g/mol. The van der Waals surface area contributed by atoms with Gasteiger partial charge in [0.05, 0.1) is 19.3 Å². The molecule has 6 heteroatoms. The zero-order chi connectivity index (χ0) is 16.4. The van der Waals surface area contributed by atoms with E-state index in [4.69, 9.17) is 16.3 Å². The first-order valence-electron chi connectivity index (χ1n) is 7.87. The average molecular weight is 341 g/mol. The summed E-state index contributed by atoms with van der Waals surface area (Å²) >= 11 is 5.92. The minimum atomic E-state index is -0.189. The van der Waals surface area contributed by atoms with E-state index in [0.29, 0.717) is 13.2 Å². The minimum Gasteiger partial charge on any atom is -0.350 e. The van der Waals surface area contributed by atoms with Crippen LogP contribution in [0.5, 0.6) is 0 Å². The van der Waals surface area contributed by atoms with Crippen LogP contribution in [0.2, 0.25) is 5.02 Å². The fraction of sp³-hybridized carbons (Fsp3) is 0.222. The molecule has 1 aliphatic rings. The number of nitrogens with zero attached hydrogens (tertiary/aromatic N) is 4. The van der Waals surface area contributed by atoms with Gasteiger partial charge in [-0.25, -0.2) is 4.68 Å². The number of para-hydroxylation sites is 1. The van der Waals surface area contributed by atoms with Crippen molar-refractivity contribution in [2.75, 3.05) is 18.1 Å². The maximum Gasteiger partial charge on any atom is 0.177 e. The monoisotopic (exact) mass is 340 g/mol. The van der Waals surface area contributed by atoms with E-state index in [9.17, 15) is 0 Å². The molecule has 1 atom stereocenters. The van der Waals surface area contributed by atoms with E-state index >= 15 is 0 Å². The summed E-state index contributed by atoms with van der Waals surface area (Å²) in [6.07, 6.45) is 1.76. The molecule has 1 aromatic heterocycles. The van der Waals surface area contributed by atoms with Gasteiger partial charge in [0.25, 0.3) is 0 Å². The van der Waals surface area contributed by atoms with Crippen molar-refractivity contribution in [3.63, 3.8) is 0 Å². The Hall–Kier alpha value is -2.37. The highest BCUT2D eigenvalue weighted by Gasteiger charge is 2.29. The van der Waals surface area contributed by atoms with Gasteiger partial charge in [-0.1, -0.05) is 47.1 Å². The lowest BCUT2D eigenvalue weighted by atomic mass is 10.2. The highest BCUT2D eigenvalue weighted by atomic mass is 35.5. The van der Waals surface area contributed by atoms with Crippen LogP contribution in [0.3, 0.4) is 0 Å². The first-order chi connectivity index (χ1) is 11.8. The highest BCUT2D eigenvalue weighted by Crippen LogP contribution is 2.30. The molecule has 0 amide bonds. The number of rotatable bonds is 4. The van der Waals surface area contributed by atoms with Crippen molar-refractivity contribution in [3.8, 4) is 0 Å². The van der Waals surface area contributed by atoms with E-state index in [0.717, 1.165) is 28.5 Å². The summed E-state index contributed by atoms with van der Waals surface area (Å²) < 4.78 is 7.70. The first kappa shape index (κ1) is 15.2. The standard InChI is InChI=1S/C18H17ClN4O/c19-15-8-6-14(7-9-15)12-22-13-17(20-21-22)18-23(10-11-24-18)16-4-2-1-3-5-16/h1-9,13,18H,10-12H2/t18-/m0/s1. The summed E-state index contributed by atoms with van der Waals surface area (Å²) in [5.74, 6) is 0. The van der Waals surface area contributed by atoms with Crippen molar-refractivity contribution >= 4 is 17.3 Å². The highest BCUT2D eigenvalue weighted by molar-refractivity contribution is 6.30. The molecule has 1 fully saturated rings. The van der Waals surface area contributed by atoms with Gasteiger partial charge in [0.15, 0.2) is 6.23 Å². The van der Waals surface area contributed by atoms with E-state index in [-0.39, 0.29) is 6.23 Å². The van der Waals surface area contributed by atoms with Crippen molar-refractivity contribution in [2.45, 2.75) is 12.8 Å². The number of halogens is 1. The van der Waals surface area contributed by atoms with Gasteiger partial charge in [-0.2, -0.15) is 0 Å².